The normalized spacial score (nSPS) is 14.3. The second kappa shape index (κ2) is 12.2. The molecular weight excluding hydrogens is 464 g/mol. The minimum Gasteiger partial charge on any atom is -0.497 e. The molecule has 2 aromatic rings. The van der Waals surface area contributed by atoms with E-state index in [1.807, 2.05) is 31.2 Å². The van der Waals surface area contributed by atoms with Crippen LogP contribution in [0.5, 0.6) is 5.75 Å². The van der Waals surface area contributed by atoms with E-state index >= 15 is 0 Å². The molecule has 0 spiro atoms. The Bertz CT molecular complexity index is 1140. The number of methoxy groups -OCH3 is 1. The molecular formula is C26H30N4O4S. The molecule has 0 bridgehead atoms. The number of amidine groups is 1. The summed E-state index contributed by atoms with van der Waals surface area (Å²) in [4.78, 5) is 43.4. The van der Waals surface area contributed by atoms with Crippen LogP contribution in [0.3, 0.4) is 0 Å². The third-order valence-electron chi connectivity index (χ3n) is 5.17. The summed E-state index contributed by atoms with van der Waals surface area (Å²) in [5.74, 6) is 0.125. The number of nitrogens with zero attached hydrogens (tertiary/aromatic N) is 2. The lowest BCUT2D eigenvalue weighted by molar-refractivity contribution is -0.117. The number of aliphatic imine (C=N–C) groups is 1. The maximum Gasteiger partial charge on any atom is 0.321 e. The summed E-state index contributed by atoms with van der Waals surface area (Å²) in [5.41, 5.74) is 2.88. The Balaban J connectivity index is 1.84. The van der Waals surface area contributed by atoms with Gasteiger partial charge in [-0.15, -0.1) is 0 Å². The predicted octanol–water partition coefficient (Wildman–Crippen LogP) is 4.53. The molecule has 0 unspecified atom stereocenters. The molecule has 0 radical (unpaired) electrons. The van der Waals surface area contributed by atoms with Crippen molar-refractivity contribution in [2.45, 2.75) is 33.1 Å². The first-order chi connectivity index (χ1) is 16.8. The van der Waals surface area contributed by atoms with Crippen LogP contribution >= 0.6 is 11.8 Å². The standard InChI is InChI=1S/C26H30N4O4S/c1-5-13-27-25(33)29-23(31)16-35-26-28-22(14-18-9-11-19(12-10-18)17(2)3)24(32)30(26)20-7-6-8-21(15-20)34-4/h6-12,14-15,17H,5,13,16H2,1-4H3,(H2,27,29,31,33)/b22-14-. The molecule has 0 saturated heterocycles. The molecule has 35 heavy (non-hydrogen) atoms. The van der Waals surface area contributed by atoms with Crippen molar-refractivity contribution in [3.8, 4) is 5.75 Å². The summed E-state index contributed by atoms with van der Waals surface area (Å²) >= 11 is 1.08. The number of hydrogen-bond acceptors (Lipinski definition) is 6. The van der Waals surface area contributed by atoms with Crippen molar-refractivity contribution in [3.05, 3.63) is 65.4 Å². The number of benzene rings is 2. The van der Waals surface area contributed by atoms with E-state index in [0.29, 0.717) is 29.1 Å². The van der Waals surface area contributed by atoms with Gasteiger partial charge in [-0.05, 0) is 41.7 Å². The zero-order valence-corrected chi connectivity index (χ0v) is 21.1. The number of amides is 4. The monoisotopic (exact) mass is 494 g/mol. The Morgan fingerprint density at radius 3 is 2.57 bits per heavy atom. The number of rotatable bonds is 8. The number of ether oxygens (including phenoxy) is 1. The van der Waals surface area contributed by atoms with E-state index in [9.17, 15) is 14.4 Å². The zero-order valence-electron chi connectivity index (χ0n) is 20.3. The summed E-state index contributed by atoms with van der Waals surface area (Å²) < 4.78 is 5.30. The number of carbonyl (C=O) groups is 3. The molecule has 184 valence electrons. The second-order valence-corrected chi connectivity index (χ2v) is 9.12. The topological polar surface area (TPSA) is 100 Å². The average Bonchev–Trinajstić information content (AvgIpc) is 3.16. The SMILES string of the molecule is CCCNC(=O)NC(=O)CSC1=N/C(=C\c2ccc(C(C)C)cc2)C(=O)N1c1cccc(OC)c1. The third-order valence-corrected chi connectivity index (χ3v) is 6.11. The number of hydrogen-bond donors (Lipinski definition) is 2. The fraction of sp³-hybridized carbons (Fsp3) is 0.308. The average molecular weight is 495 g/mol. The van der Waals surface area contributed by atoms with Crippen molar-refractivity contribution in [3.63, 3.8) is 0 Å². The van der Waals surface area contributed by atoms with Gasteiger partial charge in [0.05, 0.1) is 18.6 Å². The quantitative estimate of drug-likeness (QED) is 0.525. The molecule has 4 amide bonds. The first-order valence-corrected chi connectivity index (χ1v) is 12.4. The maximum atomic E-state index is 13.4. The van der Waals surface area contributed by atoms with Gasteiger partial charge in [-0.2, -0.15) is 0 Å². The van der Waals surface area contributed by atoms with Crippen LogP contribution in [0.1, 0.15) is 44.2 Å². The lowest BCUT2D eigenvalue weighted by Gasteiger charge is -2.18. The van der Waals surface area contributed by atoms with Crippen LogP contribution in [0.25, 0.3) is 6.08 Å². The van der Waals surface area contributed by atoms with Gasteiger partial charge >= 0.3 is 6.03 Å². The van der Waals surface area contributed by atoms with Gasteiger partial charge in [0.1, 0.15) is 11.4 Å². The summed E-state index contributed by atoms with van der Waals surface area (Å²) in [6.07, 6.45) is 2.49. The molecule has 9 heteroatoms. The Hall–Kier alpha value is -3.59. The molecule has 0 saturated carbocycles. The molecule has 1 heterocycles. The highest BCUT2D eigenvalue weighted by atomic mass is 32.2. The number of imide groups is 1. The van der Waals surface area contributed by atoms with Gasteiger partial charge in [0, 0.05) is 12.6 Å². The van der Waals surface area contributed by atoms with Gasteiger partial charge < -0.3 is 10.1 Å². The van der Waals surface area contributed by atoms with Crippen molar-refractivity contribution >= 4 is 46.5 Å². The third kappa shape index (κ3) is 6.95. The number of carbonyl (C=O) groups excluding carboxylic acids is 3. The lowest BCUT2D eigenvalue weighted by atomic mass is 10.0. The summed E-state index contributed by atoms with van der Waals surface area (Å²) in [6, 6.07) is 14.5. The molecule has 1 aliphatic heterocycles. The van der Waals surface area contributed by atoms with E-state index in [2.05, 4.69) is 29.5 Å². The molecule has 1 aliphatic rings. The van der Waals surface area contributed by atoms with Crippen molar-refractivity contribution in [2.75, 3.05) is 24.3 Å². The molecule has 0 fully saturated rings. The van der Waals surface area contributed by atoms with Crippen molar-refractivity contribution in [2.24, 2.45) is 4.99 Å². The van der Waals surface area contributed by atoms with Gasteiger partial charge in [0.25, 0.3) is 5.91 Å². The number of anilines is 1. The lowest BCUT2D eigenvalue weighted by Crippen LogP contribution is -2.41. The van der Waals surface area contributed by atoms with Crippen LogP contribution in [0, 0.1) is 0 Å². The van der Waals surface area contributed by atoms with Crippen LogP contribution in [0.4, 0.5) is 10.5 Å². The fourth-order valence-corrected chi connectivity index (χ4v) is 4.09. The molecule has 3 rings (SSSR count). The van der Waals surface area contributed by atoms with E-state index < -0.39 is 11.9 Å². The van der Waals surface area contributed by atoms with Crippen molar-refractivity contribution < 1.29 is 19.1 Å². The molecule has 0 aliphatic carbocycles. The Morgan fingerprint density at radius 1 is 1.17 bits per heavy atom. The Morgan fingerprint density at radius 2 is 1.91 bits per heavy atom. The predicted molar refractivity (Wildman–Crippen MR) is 141 cm³/mol. The van der Waals surface area contributed by atoms with Crippen molar-refractivity contribution in [1.29, 1.82) is 0 Å². The van der Waals surface area contributed by atoms with E-state index in [-0.39, 0.29) is 17.4 Å². The fourth-order valence-electron chi connectivity index (χ4n) is 3.28. The summed E-state index contributed by atoms with van der Waals surface area (Å²) in [6.45, 7) is 6.64. The van der Waals surface area contributed by atoms with Crippen molar-refractivity contribution in [1.82, 2.24) is 10.6 Å². The summed E-state index contributed by atoms with van der Waals surface area (Å²) in [7, 11) is 1.55. The van der Waals surface area contributed by atoms with Crippen LogP contribution in [0.15, 0.2) is 59.2 Å². The number of urea groups is 1. The second-order valence-electron chi connectivity index (χ2n) is 8.18. The van der Waals surface area contributed by atoms with E-state index in [1.54, 1.807) is 37.5 Å². The highest BCUT2D eigenvalue weighted by Gasteiger charge is 2.32. The largest absolute Gasteiger partial charge is 0.497 e. The van der Waals surface area contributed by atoms with E-state index in [1.165, 1.54) is 10.5 Å². The number of thioether (sulfide) groups is 1. The van der Waals surface area contributed by atoms with Gasteiger partial charge in [-0.3, -0.25) is 19.8 Å². The van der Waals surface area contributed by atoms with E-state index in [4.69, 9.17) is 4.74 Å². The number of nitrogens with one attached hydrogen (secondary N) is 2. The Labute approximate surface area is 209 Å². The minimum atomic E-state index is -0.544. The molecule has 2 N–H and O–H groups in total. The van der Waals surface area contributed by atoms with Crippen LogP contribution in [-0.4, -0.2) is 42.4 Å². The van der Waals surface area contributed by atoms with Gasteiger partial charge in [0.2, 0.25) is 5.91 Å². The molecule has 8 nitrogen and oxygen atoms in total. The van der Waals surface area contributed by atoms with Crippen LogP contribution < -0.4 is 20.3 Å². The zero-order chi connectivity index (χ0) is 25.4. The first-order valence-electron chi connectivity index (χ1n) is 11.4. The summed E-state index contributed by atoms with van der Waals surface area (Å²) in [5, 5.41) is 5.22. The molecule has 0 aromatic heterocycles. The van der Waals surface area contributed by atoms with Gasteiger partial charge in [0.15, 0.2) is 5.17 Å². The highest BCUT2D eigenvalue weighted by molar-refractivity contribution is 8.14. The first kappa shape index (κ1) is 26.0. The minimum absolute atomic E-state index is 0.0809. The van der Waals surface area contributed by atoms with E-state index in [0.717, 1.165) is 23.7 Å². The van der Waals surface area contributed by atoms with Crippen LogP contribution in [0.2, 0.25) is 0 Å². The maximum absolute atomic E-state index is 13.4. The molecule has 0 atom stereocenters. The van der Waals surface area contributed by atoms with Crippen LogP contribution in [-0.2, 0) is 9.59 Å². The Kier molecular flexibility index (Phi) is 9.08. The smallest absolute Gasteiger partial charge is 0.321 e. The highest BCUT2D eigenvalue weighted by Crippen LogP contribution is 2.31. The molecule has 2 aromatic carbocycles. The van der Waals surface area contributed by atoms with Gasteiger partial charge in [-0.1, -0.05) is 62.9 Å². The van der Waals surface area contributed by atoms with Gasteiger partial charge in [-0.25, -0.2) is 9.79 Å².